The van der Waals surface area contributed by atoms with Crippen molar-refractivity contribution in [3.63, 3.8) is 0 Å². The Kier molecular flexibility index (Phi) is 7.96. The van der Waals surface area contributed by atoms with Crippen molar-refractivity contribution in [2.45, 2.75) is 31.3 Å². The van der Waals surface area contributed by atoms with E-state index in [9.17, 15) is 14.4 Å². The molecule has 1 aliphatic rings. The summed E-state index contributed by atoms with van der Waals surface area (Å²) in [6.45, 7) is 0.525. The molecule has 140 valence electrons. The minimum atomic E-state index is -0.756. The summed E-state index contributed by atoms with van der Waals surface area (Å²) >= 11 is 0. The molecular formula is C13H25N9O3. The number of hydrogen-bond acceptors (Lipinski definition) is 6. The van der Waals surface area contributed by atoms with Gasteiger partial charge in [-0.15, -0.1) is 0 Å². The highest BCUT2D eigenvalue weighted by Gasteiger charge is 2.33. The fourth-order valence-electron chi connectivity index (χ4n) is 2.28. The number of likely N-dealkylation sites (N-methyl/N-ethyl adjacent to an activating group) is 1. The van der Waals surface area contributed by atoms with Crippen LogP contribution in [0.4, 0.5) is 4.79 Å². The minimum absolute atomic E-state index is 0.0123. The van der Waals surface area contributed by atoms with Crippen LogP contribution in [0.25, 0.3) is 0 Å². The van der Waals surface area contributed by atoms with Gasteiger partial charge >= 0.3 is 6.03 Å². The zero-order valence-corrected chi connectivity index (χ0v) is 14.1. The fourth-order valence-corrected chi connectivity index (χ4v) is 2.28. The van der Waals surface area contributed by atoms with Crippen LogP contribution in [-0.2, 0) is 9.59 Å². The number of rotatable bonds is 8. The maximum Gasteiger partial charge on any atom is 0.317 e. The number of urea groups is 1. The average molecular weight is 355 g/mol. The van der Waals surface area contributed by atoms with E-state index in [1.807, 2.05) is 0 Å². The Morgan fingerprint density at radius 1 is 1.40 bits per heavy atom. The second-order valence-corrected chi connectivity index (χ2v) is 5.51. The summed E-state index contributed by atoms with van der Waals surface area (Å²) in [4.78, 5) is 40.3. The predicted molar refractivity (Wildman–Crippen MR) is 92.2 cm³/mol. The summed E-state index contributed by atoms with van der Waals surface area (Å²) in [6.07, 6.45) is 2.49. The molecule has 0 radical (unpaired) electrons. The molecule has 1 heterocycles. The Morgan fingerprint density at radius 3 is 2.76 bits per heavy atom. The second kappa shape index (κ2) is 9.95. The molecule has 0 unspecified atom stereocenters. The van der Waals surface area contributed by atoms with Crippen LogP contribution in [0, 0.1) is 0 Å². The summed E-state index contributed by atoms with van der Waals surface area (Å²) in [5.41, 5.74) is 18.0. The molecule has 1 rings (SSSR count). The second-order valence-electron chi connectivity index (χ2n) is 5.51. The van der Waals surface area contributed by atoms with E-state index in [-0.39, 0.29) is 36.8 Å². The highest BCUT2D eigenvalue weighted by atomic mass is 16.2. The zero-order chi connectivity index (χ0) is 18.8. The standard InChI is InChI=1S/C13H25N9O3/c1-22-9(6-19-20-7-18-13(16)25)11(24)21-8(5-10(22)23)3-2-4-17-12(14)15/h7-9,19H,2-6H2,1H3,(H,21,24)(H4,14,15,17)(H3,16,18,20,25)/t8-,9+/m0/s1. The number of carbonyl (C=O) groups is 3. The molecule has 0 aromatic carbocycles. The maximum atomic E-state index is 12.3. The van der Waals surface area contributed by atoms with E-state index < -0.39 is 12.1 Å². The molecular weight excluding hydrogens is 330 g/mol. The number of carbonyl (C=O) groups excluding carboxylic acids is 3. The molecule has 12 nitrogen and oxygen atoms in total. The molecule has 0 aromatic rings. The number of nitrogens with two attached hydrogens (primary N) is 3. The van der Waals surface area contributed by atoms with Crippen LogP contribution >= 0.6 is 0 Å². The Bertz CT molecular complexity index is 545. The lowest BCUT2D eigenvalue weighted by Gasteiger charge is -2.23. The van der Waals surface area contributed by atoms with Crippen LogP contribution in [0.5, 0.6) is 0 Å². The number of aliphatic imine (C=N–C) groups is 1. The smallest absolute Gasteiger partial charge is 0.317 e. The van der Waals surface area contributed by atoms with Crippen LogP contribution in [-0.4, -0.2) is 67.3 Å². The molecule has 0 bridgehead atoms. The molecule has 0 aromatic heterocycles. The van der Waals surface area contributed by atoms with Gasteiger partial charge in [0.05, 0.1) is 6.54 Å². The predicted octanol–water partition coefficient (Wildman–Crippen LogP) is -3.04. The first kappa shape index (κ1) is 20.0. The van der Waals surface area contributed by atoms with E-state index in [0.29, 0.717) is 19.4 Å². The molecule has 4 amide bonds. The van der Waals surface area contributed by atoms with Gasteiger partial charge in [0, 0.05) is 26.1 Å². The number of nitrogens with one attached hydrogen (secondary N) is 3. The van der Waals surface area contributed by atoms with Crippen LogP contribution in [0.2, 0.25) is 0 Å². The Hall–Kier alpha value is -3.05. The van der Waals surface area contributed by atoms with Gasteiger partial charge in [-0.05, 0) is 12.8 Å². The van der Waals surface area contributed by atoms with Crippen LogP contribution in [0.1, 0.15) is 19.3 Å². The van der Waals surface area contributed by atoms with E-state index in [0.717, 1.165) is 6.34 Å². The zero-order valence-electron chi connectivity index (χ0n) is 14.1. The number of primary amides is 1. The van der Waals surface area contributed by atoms with Gasteiger partial charge in [-0.25, -0.2) is 4.79 Å². The molecule has 0 aliphatic carbocycles. The number of nitrogens with zero attached hydrogens (tertiary/aromatic N) is 3. The fraction of sp³-hybridized carbons (Fsp3) is 0.615. The van der Waals surface area contributed by atoms with Gasteiger partial charge in [-0.2, -0.15) is 5.10 Å². The molecule has 1 aliphatic heterocycles. The van der Waals surface area contributed by atoms with E-state index >= 15 is 0 Å². The highest BCUT2D eigenvalue weighted by Crippen LogP contribution is 2.12. The third-order valence-electron chi connectivity index (χ3n) is 3.58. The first-order valence-electron chi connectivity index (χ1n) is 7.73. The van der Waals surface area contributed by atoms with Crippen molar-refractivity contribution in [1.82, 2.24) is 21.0 Å². The van der Waals surface area contributed by atoms with Gasteiger partial charge in [0.15, 0.2) is 5.96 Å². The topological polar surface area (TPSA) is 193 Å². The number of amides is 4. The van der Waals surface area contributed by atoms with Gasteiger partial charge in [-0.1, -0.05) is 0 Å². The maximum absolute atomic E-state index is 12.3. The first-order chi connectivity index (χ1) is 11.8. The van der Waals surface area contributed by atoms with E-state index in [1.54, 1.807) is 7.05 Å². The van der Waals surface area contributed by atoms with Crippen LogP contribution in [0.15, 0.2) is 10.1 Å². The molecule has 12 heteroatoms. The van der Waals surface area contributed by atoms with Gasteiger partial charge in [0.1, 0.15) is 12.4 Å². The summed E-state index contributed by atoms with van der Waals surface area (Å²) in [5, 5.41) is 8.67. The third kappa shape index (κ3) is 7.37. The molecule has 0 saturated carbocycles. The molecule has 25 heavy (non-hydrogen) atoms. The summed E-state index contributed by atoms with van der Waals surface area (Å²) in [6, 6.07) is -1.75. The Morgan fingerprint density at radius 2 is 2.12 bits per heavy atom. The van der Waals surface area contributed by atoms with E-state index in [1.165, 1.54) is 4.90 Å². The molecule has 0 spiro atoms. The largest absolute Gasteiger partial charge is 0.370 e. The molecule has 2 atom stereocenters. The normalized spacial score (nSPS) is 20.8. The quantitative estimate of drug-likeness (QED) is 0.116. The SMILES string of the molecule is CN1C(=O)C[C@H](CCCN=C(N)N)NC(=O)[C@H]1CN/N=C/NC(N)=O. The monoisotopic (exact) mass is 355 g/mol. The highest BCUT2D eigenvalue weighted by molar-refractivity contribution is 5.90. The minimum Gasteiger partial charge on any atom is -0.370 e. The van der Waals surface area contributed by atoms with Crippen molar-refractivity contribution < 1.29 is 14.4 Å². The molecule has 1 fully saturated rings. The van der Waals surface area contributed by atoms with Gasteiger partial charge in [0.2, 0.25) is 11.8 Å². The third-order valence-corrected chi connectivity index (χ3v) is 3.58. The Balaban J connectivity index is 2.54. The van der Waals surface area contributed by atoms with Crippen molar-refractivity contribution in [1.29, 1.82) is 0 Å². The first-order valence-corrected chi connectivity index (χ1v) is 7.73. The average Bonchev–Trinajstić information content (AvgIpc) is 2.62. The Labute approximate surface area is 145 Å². The van der Waals surface area contributed by atoms with Gasteiger partial charge < -0.3 is 32.8 Å². The van der Waals surface area contributed by atoms with Crippen LogP contribution in [0.3, 0.4) is 0 Å². The summed E-state index contributed by atoms with van der Waals surface area (Å²) < 4.78 is 0. The van der Waals surface area contributed by atoms with Crippen molar-refractivity contribution >= 4 is 30.1 Å². The van der Waals surface area contributed by atoms with Gasteiger partial charge in [-0.3, -0.25) is 19.9 Å². The summed E-state index contributed by atoms with van der Waals surface area (Å²) in [5.74, 6) is -0.430. The van der Waals surface area contributed by atoms with E-state index in [2.05, 4.69) is 26.2 Å². The van der Waals surface area contributed by atoms with Crippen molar-refractivity contribution in [2.24, 2.45) is 27.3 Å². The van der Waals surface area contributed by atoms with Crippen molar-refractivity contribution in [2.75, 3.05) is 20.1 Å². The lowest BCUT2D eigenvalue weighted by molar-refractivity contribution is -0.136. The number of guanidine groups is 1. The molecule has 9 N–H and O–H groups in total. The number of hydrazone groups is 1. The lowest BCUT2D eigenvalue weighted by Crippen LogP contribution is -2.49. The van der Waals surface area contributed by atoms with Crippen LogP contribution < -0.4 is 33.3 Å². The van der Waals surface area contributed by atoms with Gasteiger partial charge in [0.25, 0.3) is 0 Å². The van der Waals surface area contributed by atoms with E-state index in [4.69, 9.17) is 17.2 Å². The van der Waals surface area contributed by atoms with Crippen molar-refractivity contribution in [3.05, 3.63) is 0 Å². The number of hydrogen-bond donors (Lipinski definition) is 6. The summed E-state index contributed by atoms with van der Waals surface area (Å²) in [7, 11) is 1.56. The lowest BCUT2D eigenvalue weighted by atomic mass is 10.1. The molecule has 1 saturated heterocycles. The van der Waals surface area contributed by atoms with Crippen molar-refractivity contribution in [3.8, 4) is 0 Å².